The topological polar surface area (TPSA) is 23.6 Å². The fraction of sp³-hybridized carbons (Fsp3) is 0.316. The zero-order valence-electron chi connectivity index (χ0n) is 14.4. The summed E-state index contributed by atoms with van der Waals surface area (Å²) in [4.78, 5) is 15.9. The van der Waals surface area contributed by atoms with Crippen LogP contribution in [-0.4, -0.2) is 36.9 Å². The Balaban J connectivity index is 2.22. The van der Waals surface area contributed by atoms with Gasteiger partial charge in [-0.3, -0.25) is 9.69 Å². The van der Waals surface area contributed by atoms with Crippen LogP contribution in [0.4, 0.5) is 13.2 Å². The van der Waals surface area contributed by atoms with Crippen molar-refractivity contribution in [2.24, 2.45) is 0 Å². The first-order valence-corrected chi connectivity index (χ1v) is 7.82. The van der Waals surface area contributed by atoms with Crippen molar-refractivity contribution in [3.63, 3.8) is 0 Å². The lowest BCUT2D eigenvalue weighted by Crippen LogP contribution is -2.37. The van der Waals surface area contributed by atoms with Crippen molar-refractivity contribution in [1.29, 1.82) is 0 Å². The Labute approximate surface area is 145 Å². The van der Waals surface area contributed by atoms with Crippen LogP contribution < -0.4 is 0 Å². The Hall–Kier alpha value is -2.34. The molecule has 0 unspecified atom stereocenters. The van der Waals surface area contributed by atoms with Crippen LogP contribution in [0.15, 0.2) is 54.6 Å². The van der Waals surface area contributed by atoms with Gasteiger partial charge in [0.15, 0.2) is 0 Å². The molecule has 6 heteroatoms. The summed E-state index contributed by atoms with van der Waals surface area (Å²) in [6.07, 6.45) is -4.35. The molecule has 0 aliphatic carbocycles. The molecule has 1 amide bonds. The molecule has 2 aromatic rings. The molecule has 0 bridgehead atoms. The van der Waals surface area contributed by atoms with E-state index in [2.05, 4.69) is 0 Å². The molecule has 2 aromatic carbocycles. The molecule has 0 radical (unpaired) electrons. The summed E-state index contributed by atoms with van der Waals surface area (Å²) >= 11 is 0. The summed E-state index contributed by atoms with van der Waals surface area (Å²) in [5, 5.41) is 0. The Morgan fingerprint density at radius 3 is 2.00 bits per heavy atom. The van der Waals surface area contributed by atoms with Crippen molar-refractivity contribution in [3.05, 3.63) is 71.3 Å². The number of carbonyl (C=O) groups is 1. The maximum absolute atomic E-state index is 12.7. The van der Waals surface area contributed by atoms with Crippen LogP contribution in [0.25, 0.3) is 0 Å². The zero-order chi connectivity index (χ0) is 18.6. The molecule has 0 aliphatic heterocycles. The van der Waals surface area contributed by atoms with E-state index in [4.69, 9.17) is 0 Å². The maximum atomic E-state index is 12.7. The zero-order valence-corrected chi connectivity index (χ0v) is 14.4. The van der Waals surface area contributed by atoms with E-state index >= 15 is 0 Å². The van der Waals surface area contributed by atoms with Crippen LogP contribution in [0, 0.1) is 0 Å². The number of halogens is 3. The lowest BCUT2D eigenvalue weighted by atomic mass is 10.0. The molecular weight excluding hydrogens is 329 g/mol. The van der Waals surface area contributed by atoms with Crippen LogP contribution in [0.3, 0.4) is 0 Å². The Morgan fingerprint density at radius 1 is 0.960 bits per heavy atom. The summed E-state index contributed by atoms with van der Waals surface area (Å²) in [5.41, 5.74) is 0.876. The smallest absolute Gasteiger partial charge is 0.347 e. The number of carbonyl (C=O) groups excluding carboxylic acids is 1. The second-order valence-corrected chi connectivity index (χ2v) is 6.16. The van der Waals surface area contributed by atoms with Gasteiger partial charge in [0.25, 0.3) is 0 Å². The van der Waals surface area contributed by atoms with Gasteiger partial charge in [0.2, 0.25) is 5.91 Å². The summed E-state index contributed by atoms with van der Waals surface area (Å²) in [6.45, 7) is 0.358. The molecule has 134 valence electrons. The second kappa shape index (κ2) is 7.70. The predicted octanol–water partition coefficient (Wildman–Crippen LogP) is 3.97. The highest BCUT2D eigenvalue weighted by Crippen LogP contribution is 2.30. The highest BCUT2D eigenvalue weighted by molar-refractivity contribution is 5.82. The van der Waals surface area contributed by atoms with Crippen molar-refractivity contribution in [2.75, 3.05) is 21.1 Å². The van der Waals surface area contributed by atoms with E-state index in [0.29, 0.717) is 12.1 Å². The van der Waals surface area contributed by atoms with Gasteiger partial charge in [0.05, 0.1) is 5.56 Å². The average Bonchev–Trinajstić information content (AvgIpc) is 2.55. The number of amides is 1. The van der Waals surface area contributed by atoms with E-state index in [1.165, 1.54) is 17.0 Å². The van der Waals surface area contributed by atoms with Crippen LogP contribution in [-0.2, 0) is 17.5 Å². The number of hydrogen-bond acceptors (Lipinski definition) is 2. The molecule has 0 saturated heterocycles. The fourth-order valence-electron chi connectivity index (χ4n) is 2.64. The van der Waals surface area contributed by atoms with E-state index in [1.807, 2.05) is 35.2 Å². The minimum atomic E-state index is -4.35. The number of rotatable bonds is 5. The van der Waals surface area contributed by atoms with Gasteiger partial charge in [-0.2, -0.15) is 13.2 Å². The Kier molecular flexibility index (Phi) is 5.85. The lowest BCUT2D eigenvalue weighted by molar-refractivity contribution is -0.137. The first-order valence-electron chi connectivity index (χ1n) is 7.82. The van der Waals surface area contributed by atoms with Crippen LogP contribution in [0.5, 0.6) is 0 Å². The van der Waals surface area contributed by atoms with Crippen molar-refractivity contribution in [3.8, 4) is 0 Å². The fourth-order valence-corrected chi connectivity index (χ4v) is 2.64. The van der Waals surface area contributed by atoms with Gasteiger partial charge in [0, 0.05) is 20.6 Å². The molecule has 0 fully saturated rings. The van der Waals surface area contributed by atoms with Gasteiger partial charge in [-0.05, 0) is 30.3 Å². The van der Waals surface area contributed by atoms with Gasteiger partial charge in [0.1, 0.15) is 6.04 Å². The van der Waals surface area contributed by atoms with Gasteiger partial charge in [-0.15, -0.1) is 0 Å². The van der Waals surface area contributed by atoms with Crippen molar-refractivity contribution in [2.45, 2.75) is 18.8 Å². The van der Waals surface area contributed by atoms with E-state index in [9.17, 15) is 18.0 Å². The van der Waals surface area contributed by atoms with Crippen LogP contribution in [0.1, 0.15) is 22.7 Å². The molecular formula is C19H21F3N2O. The van der Waals surface area contributed by atoms with Gasteiger partial charge < -0.3 is 4.90 Å². The number of likely N-dealkylation sites (N-methyl/N-ethyl adjacent to an activating group) is 2. The quantitative estimate of drug-likeness (QED) is 0.815. The average molecular weight is 350 g/mol. The monoisotopic (exact) mass is 350 g/mol. The van der Waals surface area contributed by atoms with Gasteiger partial charge >= 0.3 is 6.18 Å². The van der Waals surface area contributed by atoms with Crippen LogP contribution in [0.2, 0.25) is 0 Å². The van der Waals surface area contributed by atoms with E-state index in [-0.39, 0.29) is 5.91 Å². The molecule has 0 aliphatic rings. The number of nitrogens with zero attached hydrogens (tertiary/aromatic N) is 2. The number of hydrogen-bond donors (Lipinski definition) is 0. The normalized spacial score (nSPS) is 12.9. The Bertz CT molecular complexity index is 697. The molecule has 0 heterocycles. The van der Waals surface area contributed by atoms with Gasteiger partial charge in [-0.25, -0.2) is 0 Å². The number of benzene rings is 2. The van der Waals surface area contributed by atoms with Crippen LogP contribution >= 0.6 is 0 Å². The van der Waals surface area contributed by atoms with Crippen molar-refractivity contribution in [1.82, 2.24) is 9.80 Å². The van der Waals surface area contributed by atoms with Crippen molar-refractivity contribution < 1.29 is 18.0 Å². The molecule has 0 N–H and O–H groups in total. The summed E-state index contributed by atoms with van der Waals surface area (Å²) in [7, 11) is 5.16. The minimum Gasteiger partial charge on any atom is -0.347 e. The molecule has 0 spiro atoms. The third-order valence-corrected chi connectivity index (χ3v) is 3.94. The second-order valence-electron chi connectivity index (χ2n) is 6.16. The predicted molar refractivity (Wildman–Crippen MR) is 90.8 cm³/mol. The highest BCUT2D eigenvalue weighted by Gasteiger charge is 2.30. The molecule has 0 saturated carbocycles. The standard InChI is InChI=1S/C19H21F3N2O/c1-23(2)18(25)17(15-7-5-4-6-8-15)24(3)13-14-9-11-16(12-10-14)19(20,21)22/h4-12,17H,13H2,1-3H3/t17-/m1/s1. The van der Waals surface area contributed by atoms with Crippen molar-refractivity contribution >= 4 is 5.91 Å². The highest BCUT2D eigenvalue weighted by atomic mass is 19.4. The third-order valence-electron chi connectivity index (χ3n) is 3.94. The summed E-state index contributed by atoms with van der Waals surface area (Å²) in [6, 6.07) is 13.8. The first-order chi connectivity index (χ1) is 11.7. The largest absolute Gasteiger partial charge is 0.416 e. The molecule has 25 heavy (non-hydrogen) atoms. The number of alkyl halides is 3. The third kappa shape index (κ3) is 4.82. The molecule has 1 atom stereocenters. The molecule has 3 nitrogen and oxygen atoms in total. The molecule has 2 rings (SSSR count). The lowest BCUT2D eigenvalue weighted by Gasteiger charge is -2.29. The first kappa shape index (κ1) is 19.0. The van der Waals surface area contributed by atoms with E-state index in [0.717, 1.165) is 17.7 Å². The van der Waals surface area contributed by atoms with E-state index < -0.39 is 17.8 Å². The molecule has 0 aromatic heterocycles. The summed E-state index contributed by atoms with van der Waals surface area (Å²) in [5.74, 6) is -0.0828. The summed E-state index contributed by atoms with van der Waals surface area (Å²) < 4.78 is 38.0. The Morgan fingerprint density at radius 2 is 1.52 bits per heavy atom. The van der Waals surface area contributed by atoms with E-state index in [1.54, 1.807) is 21.1 Å². The maximum Gasteiger partial charge on any atom is 0.416 e. The van der Waals surface area contributed by atoms with Gasteiger partial charge in [-0.1, -0.05) is 42.5 Å². The minimum absolute atomic E-state index is 0.0828. The SMILES string of the molecule is CN(C)C(=O)[C@@H](c1ccccc1)N(C)Cc1ccc(C(F)(F)F)cc1.